The molecule has 0 saturated carbocycles. The first-order valence-electron chi connectivity index (χ1n) is 7.66. The molecule has 0 radical (unpaired) electrons. The molecule has 0 unspecified atom stereocenters. The Morgan fingerprint density at radius 3 is 2.88 bits per heavy atom. The molecule has 0 aliphatic rings. The van der Waals surface area contributed by atoms with E-state index < -0.39 is 0 Å². The summed E-state index contributed by atoms with van der Waals surface area (Å²) in [5, 5.41) is 11.4. The monoisotopic (exact) mass is 387 g/mol. The largest absolute Gasteiger partial charge is 0.326 e. The summed E-state index contributed by atoms with van der Waals surface area (Å²) in [5.41, 5.74) is 2.90. The second kappa shape index (κ2) is 7.44. The standard InChI is InChI=1S/C17H18BrN5O/c1-13-16(18)11-20-23(13)9-6-17(24)21-15-5-2-4-14(10-15)12-22-8-3-7-19-22/h2-5,7-8,10-11H,6,9,12H2,1H3,(H,21,24). The van der Waals surface area contributed by atoms with Crippen LogP contribution in [0.5, 0.6) is 0 Å². The van der Waals surface area contributed by atoms with Gasteiger partial charge in [-0.2, -0.15) is 10.2 Å². The second-order valence-electron chi connectivity index (χ2n) is 5.50. The van der Waals surface area contributed by atoms with E-state index in [1.807, 2.05) is 52.8 Å². The van der Waals surface area contributed by atoms with Crippen LogP contribution in [0.15, 0.2) is 53.4 Å². The van der Waals surface area contributed by atoms with Crippen LogP contribution in [-0.2, 0) is 17.9 Å². The first-order chi connectivity index (χ1) is 11.6. The summed E-state index contributed by atoms with van der Waals surface area (Å²) >= 11 is 3.42. The number of anilines is 1. The third-order valence-electron chi connectivity index (χ3n) is 3.71. The van der Waals surface area contributed by atoms with Gasteiger partial charge >= 0.3 is 0 Å². The van der Waals surface area contributed by atoms with Gasteiger partial charge in [0.25, 0.3) is 0 Å². The minimum atomic E-state index is -0.0303. The van der Waals surface area contributed by atoms with Crippen LogP contribution < -0.4 is 5.32 Å². The average molecular weight is 388 g/mol. The molecule has 0 saturated heterocycles. The predicted octanol–water partition coefficient (Wildman–Crippen LogP) is 3.23. The number of aryl methyl sites for hydroxylation is 1. The van der Waals surface area contributed by atoms with Crippen molar-refractivity contribution >= 4 is 27.5 Å². The minimum absolute atomic E-state index is 0.0303. The van der Waals surface area contributed by atoms with E-state index in [4.69, 9.17) is 0 Å². The molecule has 0 spiro atoms. The van der Waals surface area contributed by atoms with Crippen molar-refractivity contribution in [2.24, 2.45) is 0 Å². The van der Waals surface area contributed by atoms with Gasteiger partial charge in [0.05, 0.1) is 23.8 Å². The number of rotatable bonds is 6. The minimum Gasteiger partial charge on any atom is -0.326 e. The molecule has 0 atom stereocenters. The van der Waals surface area contributed by atoms with Crippen molar-refractivity contribution in [2.45, 2.75) is 26.4 Å². The summed E-state index contributed by atoms with van der Waals surface area (Å²) in [5.74, 6) is -0.0303. The zero-order valence-corrected chi connectivity index (χ0v) is 14.9. The third kappa shape index (κ3) is 4.11. The highest BCUT2D eigenvalue weighted by atomic mass is 79.9. The molecule has 6 nitrogen and oxygen atoms in total. The van der Waals surface area contributed by atoms with Gasteiger partial charge in [0.2, 0.25) is 5.91 Å². The summed E-state index contributed by atoms with van der Waals surface area (Å²) in [6.07, 6.45) is 5.78. The summed E-state index contributed by atoms with van der Waals surface area (Å²) in [6, 6.07) is 9.70. The Balaban J connectivity index is 1.57. The molecule has 3 aromatic rings. The van der Waals surface area contributed by atoms with Gasteiger partial charge in [-0.15, -0.1) is 0 Å². The molecule has 2 aromatic heterocycles. The number of benzene rings is 1. The first kappa shape index (κ1) is 16.4. The van der Waals surface area contributed by atoms with E-state index in [9.17, 15) is 4.79 Å². The topological polar surface area (TPSA) is 64.7 Å². The molecule has 2 heterocycles. The van der Waals surface area contributed by atoms with Gasteiger partial charge in [-0.05, 0) is 46.6 Å². The summed E-state index contributed by atoms with van der Waals surface area (Å²) < 4.78 is 4.62. The number of nitrogens with one attached hydrogen (secondary N) is 1. The molecule has 1 aromatic carbocycles. The number of amides is 1. The fourth-order valence-corrected chi connectivity index (χ4v) is 2.70. The van der Waals surface area contributed by atoms with E-state index in [0.717, 1.165) is 21.4 Å². The Hall–Kier alpha value is -2.41. The van der Waals surface area contributed by atoms with Crippen LogP contribution in [0.25, 0.3) is 0 Å². The molecule has 1 amide bonds. The van der Waals surface area contributed by atoms with E-state index in [2.05, 4.69) is 31.4 Å². The zero-order valence-electron chi connectivity index (χ0n) is 13.3. The van der Waals surface area contributed by atoms with Crippen molar-refractivity contribution in [3.63, 3.8) is 0 Å². The molecule has 124 valence electrons. The van der Waals surface area contributed by atoms with Crippen molar-refractivity contribution in [1.82, 2.24) is 19.6 Å². The van der Waals surface area contributed by atoms with Crippen molar-refractivity contribution < 1.29 is 4.79 Å². The van der Waals surface area contributed by atoms with E-state index in [1.54, 1.807) is 12.4 Å². The molecule has 3 rings (SSSR count). The van der Waals surface area contributed by atoms with Crippen LogP contribution in [0.4, 0.5) is 5.69 Å². The van der Waals surface area contributed by atoms with Gasteiger partial charge < -0.3 is 5.32 Å². The Labute approximate surface area is 148 Å². The highest BCUT2D eigenvalue weighted by Crippen LogP contribution is 2.15. The van der Waals surface area contributed by atoms with Gasteiger partial charge in [0.1, 0.15) is 0 Å². The van der Waals surface area contributed by atoms with Crippen molar-refractivity contribution in [3.8, 4) is 0 Å². The van der Waals surface area contributed by atoms with Gasteiger partial charge in [-0.25, -0.2) is 0 Å². The lowest BCUT2D eigenvalue weighted by atomic mass is 10.2. The van der Waals surface area contributed by atoms with E-state index in [-0.39, 0.29) is 5.91 Å². The highest BCUT2D eigenvalue weighted by molar-refractivity contribution is 9.10. The number of hydrogen-bond donors (Lipinski definition) is 1. The van der Waals surface area contributed by atoms with E-state index in [1.165, 1.54) is 0 Å². The molecule has 24 heavy (non-hydrogen) atoms. The molecule has 1 N–H and O–H groups in total. The van der Waals surface area contributed by atoms with Gasteiger partial charge in [0.15, 0.2) is 0 Å². The summed E-state index contributed by atoms with van der Waals surface area (Å²) in [4.78, 5) is 12.2. The quantitative estimate of drug-likeness (QED) is 0.705. The number of aromatic nitrogens is 4. The molecule has 0 bridgehead atoms. The van der Waals surface area contributed by atoms with Crippen LogP contribution in [0.3, 0.4) is 0 Å². The molecule has 0 aliphatic carbocycles. The third-order valence-corrected chi connectivity index (χ3v) is 4.49. The van der Waals surface area contributed by atoms with Crippen molar-refractivity contribution in [2.75, 3.05) is 5.32 Å². The maximum atomic E-state index is 12.2. The number of nitrogens with zero attached hydrogens (tertiary/aromatic N) is 4. The Morgan fingerprint density at radius 1 is 1.29 bits per heavy atom. The molecule has 0 aliphatic heterocycles. The maximum Gasteiger partial charge on any atom is 0.226 e. The predicted molar refractivity (Wildman–Crippen MR) is 95.7 cm³/mol. The Bertz CT molecular complexity index is 825. The van der Waals surface area contributed by atoms with Gasteiger partial charge in [0, 0.05) is 30.2 Å². The summed E-state index contributed by atoms with van der Waals surface area (Å²) in [7, 11) is 0. The van der Waals surface area contributed by atoms with E-state index >= 15 is 0 Å². The average Bonchev–Trinajstić information content (AvgIpc) is 3.17. The Kier molecular flexibility index (Phi) is 5.10. The van der Waals surface area contributed by atoms with Crippen LogP contribution in [0.1, 0.15) is 17.7 Å². The Morgan fingerprint density at radius 2 is 2.17 bits per heavy atom. The molecule has 7 heteroatoms. The summed E-state index contributed by atoms with van der Waals surface area (Å²) in [6.45, 7) is 3.20. The SMILES string of the molecule is Cc1c(Br)cnn1CCC(=O)Nc1cccc(Cn2cccn2)c1. The number of halogens is 1. The van der Waals surface area contributed by atoms with Crippen LogP contribution in [0, 0.1) is 6.92 Å². The maximum absolute atomic E-state index is 12.2. The van der Waals surface area contributed by atoms with Crippen molar-refractivity contribution in [1.29, 1.82) is 0 Å². The van der Waals surface area contributed by atoms with Gasteiger partial charge in [-0.1, -0.05) is 12.1 Å². The fraction of sp³-hybridized carbons (Fsp3) is 0.235. The molecular formula is C17H18BrN5O. The van der Waals surface area contributed by atoms with Crippen LogP contribution in [-0.4, -0.2) is 25.5 Å². The molecule has 0 fully saturated rings. The number of carbonyl (C=O) groups excluding carboxylic acids is 1. The van der Waals surface area contributed by atoms with Crippen molar-refractivity contribution in [3.05, 3.63) is 64.7 Å². The highest BCUT2D eigenvalue weighted by Gasteiger charge is 2.07. The number of hydrogen-bond acceptors (Lipinski definition) is 3. The zero-order chi connectivity index (χ0) is 16.9. The smallest absolute Gasteiger partial charge is 0.226 e. The molecular weight excluding hydrogens is 370 g/mol. The normalized spacial score (nSPS) is 10.8. The lowest BCUT2D eigenvalue weighted by Crippen LogP contribution is -2.15. The number of carbonyl (C=O) groups is 1. The first-order valence-corrected chi connectivity index (χ1v) is 8.45. The van der Waals surface area contributed by atoms with Crippen LogP contribution in [0.2, 0.25) is 0 Å². The lowest BCUT2D eigenvalue weighted by molar-refractivity contribution is -0.116. The second-order valence-corrected chi connectivity index (χ2v) is 6.36. The fourth-order valence-electron chi connectivity index (χ4n) is 2.41. The lowest BCUT2D eigenvalue weighted by Gasteiger charge is -2.09. The van der Waals surface area contributed by atoms with Gasteiger partial charge in [-0.3, -0.25) is 14.2 Å². The van der Waals surface area contributed by atoms with E-state index in [0.29, 0.717) is 19.5 Å². The van der Waals surface area contributed by atoms with Crippen LogP contribution >= 0.6 is 15.9 Å².